The minimum Gasteiger partial charge on any atom is -0.345 e. The van der Waals surface area contributed by atoms with Gasteiger partial charge in [0.05, 0.1) is 16.5 Å². The Hall–Kier alpha value is -1.27. The molecule has 0 radical (unpaired) electrons. The molecule has 20 heavy (non-hydrogen) atoms. The van der Waals surface area contributed by atoms with Crippen LogP contribution >= 0.6 is 11.6 Å². The molecule has 1 aromatic rings. The average molecular weight is 317 g/mol. The molecule has 0 aromatic carbocycles. The Kier molecular flexibility index (Phi) is 4.25. The van der Waals surface area contributed by atoms with Crippen molar-refractivity contribution >= 4 is 27.3 Å². The average Bonchev–Trinajstić information content (AvgIpc) is 2.88. The van der Waals surface area contributed by atoms with Gasteiger partial charge in [-0.05, 0) is 12.5 Å². The summed E-state index contributed by atoms with van der Waals surface area (Å²) in [5.74, 6) is -0.0709. The number of nitrogens with zero attached hydrogens (tertiary/aromatic N) is 2. The van der Waals surface area contributed by atoms with Gasteiger partial charge in [-0.2, -0.15) is 0 Å². The maximum absolute atomic E-state index is 12.6. The van der Waals surface area contributed by atoms with Crippen molar-refractivity contribution in [2.75, 3.05) is 18.1 Å². The third-order valence-electron chi connectivity index (χ3n) is 3.43. The molecule has 0 bridgehead atoms. The summed E-state index contributed by atoms with van der Waals surface area (Å²) in [6, 6.07) is 1.29. The van der Waals surface area contributed by atoms with E-state index in [1.165, 1.54) is 0 Å². The first kappa shape index (κ1) is 15.1. The van der Waals surface area contributed by atoms with Gasteiger partial charge < -0.3 is 9.47 Å². The van der Waals surface area contributed by atoms with E-state index in [1.807, 2.05) is 0 Å². The lowest BCUT2D eigenvalue weighted by Crippen LogP contribution is -2.41. The Labute approximate surface area is 123 Å². The number of halogens is 1. The molecule has 110 valence electrons. The summed E-state index contributed by atoms with van der Waals surface area (Å²) in [5.41, 5.74) is 0.446. The summed E-state index contributed by atoms with van der Waals surface area (Å²) >= 11 is 5.89. The molecule has 0 spiro atoms. The van der Waals surface area contributed by atoms with Crippen LogP contribution in [0.3, 0.4) is 0 Å². The van der Waals surface area contributed by atoms with Gasteiger partial charge in [-0.1, -0.05) is 17.7 Å². The number of aryl methyl sites for hydroxylation is 1. The topological polar surface area (TPSA) is 59.4 Å². The second-order valence-corrected chi connectivity index (χ2v) is 7.62. The van der Waals surface area contributed by atoms with Crippen LogP contribution in [-0.2, 0) is 16.9 Å². The highest BCUT2D eigenvalue weighted by Gasteiger charge is 2.35. The molecule has 0 N–H and O–H groups in total. The van der Waals surface area contributed by atoms with Gasteiger partial charge in [-0.25, -0.2) is 8.42 Å². The molecule has 7 heteroatoms. The van der Waals surface area contributed by atoms with Gasteiger partial charge in [-0.15, -0.1) is 6.58 Å². The fourth-order valence-electron chi connectivity index (χ4n) is 2.44. The van der Waals surface area contributed by atoms with Gasteiger partial charge in [-0.3, -0.25) is 4.79 Å². The summed E-state index contributed by atoms with van der Waals surface area (Å²) in [7, 11) is -1.31. The van der Waals surface area contributed by atoms with Crippen LogP contribution < -0.4 is 0 Å². The van der Waals surface area contributed by atoms with Gasteiger partial charge >= 0.3 is 0 Å². The van der Waals surface area contributed by atoms with Crippen molar-refractivity contribution in [3.05, 3.63) is 35.6 Å². The van der Waals surface area contributed by atoms with E-state index in [0.717, 1.165) is 0 Å². The number of rotatable bonds is 4. The van der Waals surface area contributed by atoms with Gasteiger partial charge in [0.2, 0.25) is 0 Å². The molecular formula is C13H17ClN2O3S. The zero-order chi connectivity index (χ0) is 14.9. The number of carbonyl (C=O) groups is 1. The van der Waals surface area contributed by atoms with Crippen LogP contribution in [0, 0.1) is 0 Å². The van der Waals surface area contributed by atoms with Gasteiger partial charge in [0, 0.05) is 25.8 Å². The number of carbonyl (C=O) groups excluding carboxylic acids is 1. The lowest BCUT2D eigenvalue weighted by molar-refractivity contribution is 0.0711. The molecule has 1 aliphatic heterocycles. The highest BCUT2D eigenvalue weighted by molar-refractivity contribution is 7.91. The fourth-order valence-corrected chi connectivity index (χ4v) is 4.42. The third-order valence-corrected chi connectivity index (χ3v) is 5.38. The molecule has 1 unspecified atom stereocenters. The van der Waals surface area contributed by atoms with Crippen molar-refractivity contribution in [3.8, 4) is 0 Å². The van der Waals surface area contributed by atoms with E-state index in [1.54, 1.807) is 34.9 Å². The van der Waals surface area contributed by atoms with Crippen LogP contribution in [0.5, 0.6) is 0 Å². The molecule has 0 saturated carbocycles. The molecule has 1 amide bonds. The first-order chi connectivity index (χ1) is 9.34. The van der Waals surface area contributed by atoms with Crippen LogP contribution in [0.25, 0.3) is 0 Å². The van der Waals surface area contributed by atoms with Crippen LogP contribution in [-0.4, -0.2) is 47.9 Å². The Morgan fingerprint density at radius 2 is 2.35 bits per heavy atom. The molecule has 1 aliphatic rings. The highest BCUT2D eigenvalue weighted by Crippen LogP contribution is 2.21. The molecule has 2 heterocycles. The quantitative estimate of drug-likeness (QED) is 0.791. The lowest BCUT2D eigenvalue weighted by atomic mass is 10.2. The van der Waals surface area contributed by atoms with E-state index in [2.05, 4.69) is 6.58 Å². The van der Waals surface area contributed by atoms with E-state index in [9.17, 15) is 13.2 Å². The summed E-state index contributed by atoms with van der Waals surface area (Å²) < 4.78 is 24.8. The zero-order valence-corrected chi connectivity index (χ0v) is 12.8. The standard InChI is InChI=1S/C13H17ClN2O3S/c1-3-5-16(11-4-6-20(18,19)9-11)13(17)12-7-10(14)8-15(12)2/h3,7-8,11H,1,4-6,9H2,2H3. The normalized spacial score (nSPS) is 20.8. The van der Waals surface area contributed by atoms with Crippen LogP contribution in [0.4, 0.5) is 0 Å². The number of aromatic nitrogens is 1. The second-order valence-electron chi connectivity index (χ2n) is 4.96. The summed E-state index contributed by atoms with van der Waals surface area (Å²) in [4.78, 5) is 14.1. The molecule has 1 aromatic heterocycles. The Bertz CT molecular complexity index is 636. The van der Waals surface area contributed by atoms with E-state index in [0.29, 0.717) is 23.7 Å². The van der Waals surface area contributed by atoms with E-state index in [4.69, 9.17) is 11.6 Å². The van der Waals surface area contributed by atoms with Crippen molar-refractivity contribution in [2.24, 2.45) is 7.05 Å². The number of hydrogen-bond donors (Lipinski definition) is 0. The number of hydrogen-bond acceptors (Lipinski definition) is 3. The van der Waals surface area contributed by atoms with E-state index in [-0.39, 0.29) is 23.5 Å². The Morgan fingerprint density at radius 1 is 1.65 bits per heavy atom. The van der Waals surface area contributed by atoms with Crippen molar-refractivity contribution in [2.45, 2.75) is 12.5 Å². The van der Waals surface area contributed by atoms with Crippen LogP contribution in [0.2, 0.25) is 5.02 Å². The van der Waals surface area contributed by atoms with Gasteiger partial charge in [0.15, 0.2) is 9.84 Å². The predicted octanol–water partition coefficient (Wildman–Crippen LogP) is 1.49. The Morgan fingerprint density at radius 3 is 2.80 bits per heavy atom. The summed E-state index contributed by atoms with van der Waals surface area (Å²) in [5, 5.41) is 0.480. The molecule has 1 fully saturated rings. The van der Waals surface area contributed by atoms with Crippen LogP contribution in [0.1, 0.15) is 16.9 Å². The largest absolute Gasteiger partial charge is 0.345 e. The minimum absolute atomic E-state index is 0.0186. The SMILES string of the molecule is C=CCN(C(=O)c1cc(Cl)cn1C)C1CCS(=O)(=O)C1. The first-order valence-corrected chi connectivity index (χ1v) is 8.48. The zero-order valence-electron chi connectivity index (χ0n) is 11.3. The smallest absolute Gasteiger partial charge is 0.271 e. The second kappa shape index (κ2) is 5.61. The molecule has 0 aliphatic carbocycles. The van der Waals surface area contributed by atoms with E-state index >= 15 is 0 Å². The minimum atomic E-state index is -3.04. The molecule has 2 rings (SSSR count). The first-order valence-electron chi connectivity index (χ1n) is 6.28. The van der Waals surface area contributed by atoms with Crippen molar-refractivity contribution in [3.63, 3.8) is 0 Å². The fraction of sp³-hybridized carbons (Fsp3) is 0.462. The molecular weight excluding hydrogens is 300 g/mol. The van der Waals surface area contributed by atoms with Gasteiger partial charge in [0.1, 0.15) is 5.69 Å². The van der Waals surface area contributed by atoms with Crippen molar-refractivity contribution in [1.82, 2.24) is 9.47 Å². The maximum atomic E-state index is 12.6. The lowest BCUT2D eigenvalue weighted by Gasteiger charge is -2.27. The van der Waals surface area contributed by atoms with Crippen molar-refractivity contribution in [1.29, 1.82) is 0 Å². The Balaban J connectivity index is 2.27. The number of amides is 1. The summed E-state index contributed by atoms with van der Waals surface area (Å²) in [6.45, 7) is 3.96. The van der Waals surface area contributed by atoms with E-state index < -0.39 is 9.84 Å². The summed E-state index contributed by atoms with van der Waals surface area (Å²) in [6.07, 6.45) is 3.72. The monoisotopic (exact) mass is 316 g/mol. The molecule has 1 saturated heterocycles. The maximum Gasteiger partial charge on any atom is 0.271 e. The highest BCUT2D eigenvalue weighted by atomic mass is 35.5. The predicted molar refractivity (Wildman–Crippen MR) is 78.7 cm³/mol. The molecule has 5 nitrogen and oxygen atoms in total. The van der Waals surface area contributed by atoms with Crippen LogP contribution in [0.15, 0.2) is 24.9 Å². The molecule has 1 atom stereocenters. The van der Waals surface area contributed by atoms with Crippen molar-refractivity contribution < 1.29 is 13.2 Å². The third kappa shape index (κ3) is 3.07. The number of sulfone groups is 1. The van der Waals surface area contributed by atoms with Gasteiger partial charge in [0.25, 0.3) is 5.91 Å².